The van der Waals surface area contributed by atoms with E-state index in [9.17, 15) is 14.4 Å². The molecule has 0 heterocycles. The highest BCUT2D eigenvalue weighted by Gasteiger charge is 2.17. The highest BCUT2D eigenvalue weighted by Crippen LogP contribution is 2.28. The van der Waals surface area contributed by atoms with Crippen molar-refractivity contribution in [3.63, 3.8) is 0 Å². The van der Waals surface area contributed by atoms with Crippen molar-refractivity contribution in [2.45, 2.75) is 6.61 Å². The van der Waals surface area contributed by atoms with E-state index < -0.39 is 11.8 Å². The maximum atomic E-state index is 13.8. The van der Waals surface area contributed by atoms with E-state index in [1.165, 1.54) is 18.2 Å². The Bertz CT molecular complexity index is 991. The first-order valence-electron chi connectivity index (χ1n) is 7.80. The third-order valence-electron chi connectivity index (χ3n) is 3.89. The van der Waals surface area contributed by atoms with Gasteiger partial charge in [0, 0.05) is 11.1 Å². The lowest BCUT2D eigenvalue weighted by Gasteiger charge is -2.12. The molecule has 0 fully saturated rings. The monoisotopic (exact) mass is 365 g/mol. The zero-order valence-electron chi connectivity index (χ0n) is 13.6. The summed E-state index contributed by atoms with van der Waals surface area (Å²) in [5, 5.41) is 9.50. The fraction of sp³-hybridized carbons (Fsp3) is 0.0476. The number of hydrogen-bond acceptors (Lipinski definition) is 3. The normalized spacial score (nSPS) is 10.2. The minimum atomic E-state index is -0.618. The first kappa shape index (κ1) is 17.7. The summed E-state index contributed by atoms with van der Waals surface area (Å²) in [5.74, 6) is -1.15. The van der Waals surface area contributed by atoms with Crippen molar-refractivity contribution in [1.82, 2.24) is 0 Å². The molecule has 0 aliphatic rings. The summed E-state index contributed by atoms with van der Waals surface area (Å²) in [6, 6.07) is 20.2. The van der Waals surface area contributed by atoms with E-state index in [0.29, 0.717) is 22.3 Å². The summed E-state index contributed by atoms with van der Waals surface area (Å²) in [5.41, 5.74) is 2.07. The van der Waals surface area contributed by atoms with Crippen LogP contribution in [0.15, 0.2) is 66.7 Å². The minimum absolute atomic E-state index is 0.123. The van der Waals surface area contributed by atoms with Gasteiger partial charge in [0.15, 0.2) is 0 Å². The van der Waals surface area contributed by atoms with E-state index in [4.69, 9.17) is 16.3 Å². The highest BCUT2D eigenvalue weighted by atomic mass is 35.5. The lowest BCUT2D eigenvalue weighted by Crippen LogP contribution is -2.08. The van der Waals surface area contributed by atoms with Crippen molar-refractivity contribution in [2.75, 3.05) is 0 Å². The van der Waals surface area contributed by atoms with Crippen molar-refractivity contribution >= 4 is 17.6 Å². The molecule has 0 amide bonds. The third-order valence-corrected chi connectivity index (χ3v) is 4.25. The number of benzene rings is 3. The van der Waals surface area contributed by atoms with Gasteiger partial charge in [-0.25, -0.2) is 9.18 Å². The zero-order valence-corrected chi connectivity index (χ0v) is 14.3. The predicted octanol–water partition coefficient (Wildman–Crippen LogP) is 5.37. The Morgan fingerprint density at radius 1 is 1.00 bits per heavy atom. The number of carbonyl (C=O) groups is 1. The van der Waals surface area contributed by atoms with Crippen molar-refractivity contribution in [1.29, 1.82) is 5.26 Å². The van der Waals surface area contributed by atoms with Gasteiger partial charge in [-0.05, 0) is 29.8 Å². The fourth-order valence-electron chi connectivity index (χ4n) is 2.60. The largest absolute Gasteiger partial charge is 0.457 e. The Kier molecular flexibility index (Phi) is 5.31. The second-order valence-corrected chi connectivity index (χ2v) is 5.89. The Hall–Kier alpha value is -3.16. The number of rotatable bonds is 4. The molecule has 0 aliphatic carbocycles. The molecular weight excluding hydrogens is 353 g/mol. The maximum absolute atomic E-state index is 13.8. The Morgan fingerprint density at radius 3 is 2.42 bits per heavy atom. The van der Waals surface area contributed by atoms with Crippen LogP contribution in [-0.4, -0.2) is 5.97 Å². The topological polar surface area (TPSA) is 50.1 Å². The van der Waals surface area contributed by atoms with Gasteiger partial charge in [-0.1, -0.05) is 54.1 Å². The molecule has 26 heavy (non-hydrogen) atoms. The summed E-state index contributed by atoms with van der Waals surface area (Å²) >= 11 is 5.96. The summed E-state index contributed by atoms with van der Waals surface area (Å²) in [7, 11) is 0. The van der Waals surface area contributed by atoms with Crippen LogP contribution < -0.4 is 0 Å². The van der Waals surface area contributed by atoms with Crippen LogP contribution in [0.5, 0.6) is 0 Å². The molecule has 0 N–H and O–H groups in total. The van der Waals surface area contributed by atoms with Crippen LogP contribution in [0.2, 0.25) is 5.02 Å². The number of nitriles is 1. The average molecular weight is 366 g/mol. The molecular formula is C21H13ClFNO2. The second kappa shape index (κ2) is 7.81. The average Bonchev–Trinajstić information content (AvgIpc) is 2.67. The maximum Gasteiger partial charge on any atom is 0.339 e. The van der Waals surface area contributed by atoms with Crippen LogP contribution in [0, 0.1) is 17.1 Å². The number of ether oxygens (including phenoxy) is 1. The van der Waals surface area contributed by atoms with Crippen molar-refractivity contribution < 1.29 is 13.9 Å². The molecule has 0 radical (unpaired) electrons. The quantitative estimate of drug-likeness (QED) is 0.583. The number of carbonyl (C=O) groups excluding carboxylic acids is 1. The number of hydrogen-bond donors (Lipinski definition) is 0. The van der Waals surface area contributed by atoms with Crippen LogP contribution in [0.3, 0.4) is 0 Å². The molecule has 3 nitrogen and oxygen atoms in total. The minimum Gasteiger partial charge on any atom is -0.457 e. The SMILES string of the molecule is N#Cc1ccccc1-c1ccccc1C(=O)OCc1c(F)cccc1Cl. The van der Waals surface area contributed by atoms with Crippen LogP contribution in [0.1, 0.15) is 21.5 Å². The Morgan fingerprint density at radius 2 is 1.69 bits per heavy atom. The van der Waals surface area contributed by atoms with Gasteiger partial charge in [0.1, 0.15) is 12.4 Å². The molecule has 0 aromatic heterocycles. The van der Waals surface area contributed by atoms with E-state index in [2.05, 4.69) is 6.07 Å². The molecule has 0 aliphatic heterocycles. The van der Waals surface area contributed by atoms with Crippen molar-refractivity contribution in [2.24, 2.45) is 0 Å². The Labute approximate surface area is 155 Å². The molecule has 128 valence electrons. The van der Waals surface area contributed by atoms with Gasteiger partial charge in [-0.15, -0.1) is 0 Å². The van der Waals surface area contributed by atoms with Gasteiger partial charge in [0.25, 0.3) is 0 Å². The molecule has 3 rings (SSSR count). The summed E-state index contributed by atoms with van der Waals surface area (Å²) in [4.78, 5) is 12.6. The lowest BCUT2D eigenvalue weighted by molar-refractivity contribution is 0.0470. The van der Waals surface area contributed by atoms with E-state index in [1.807, 2.05) is 0 Å². The highest BCUT2D eigenvalue weighted by molar-refractivity contribution is 6.31. The van der Waals surface area contributed by atoms with Crippen LogP contribution in [0.25, 0.3) is 11.1 Å². The molecule has 0 atom stereocenters. The van der Waals surface area contributed by atoms with Crippen LogP contribution in [-0.2, 0) is 11.3 Å². The summed E-state index contributed by atoms with van der Waals surface area (Å²) in [6.07, 6.45) is 0. The number of nitrogens with zero attached hydrogens (tertiary/aromatic N) is 1. The smallest absolute Gasteiger partial charge is 0.339 e. The van der Waals surface area contributed by atoms with E-state index >= 15 is 0 Å². The van der Waals surface area contributed by atoms with Crippen LogP contribution >= 0.6 is 11.6 Å². The van der Waals surface area contributed by atoms with Crippen molar-refractivity contribution in [3.8, 4) is 17.2 Å². The first-order chi connectivity index (χ1) is 12.6. The molecule has 0 saturated heterocycles. The van der Waals surface area contributed by atoms with Gasteiger partial charge >= 0.3 is 5.97 Å². The number of halogens is 2. The first-order valence-corrected chi connectivity index (χ1v) is 8.18. The number of esters is 1. The third kappa shape index (κ3) is 3.58. The predicted molar refractivity (Wildman–Crippen MR) is 97.1 cm³/mol. The molecule has 0 bridgehead atoms. The molecule has 5 heteroatoms. The summed E-state index contributed by atoms with van der Waals surface area (Å²) < 4.78 is 19.1. The van der Waals surface area contributed by atoms with Crippen LogP contribution in [0.4, 0.5) is 4.39 Å². The lowest BCUT2D eigenvalue weighted by atomic mass is 9.96. The van der Waals surface area contributed by atoms with Gasteiger partial charge in [-0.2, -0.15) is 5.26 Å². The Balaban J connectivity index is 1.91. The van der Waals surface area contributed by atoms with Gasteiger partial charge < -0.3 is 4.74 Å². The van der Waals surface area contributed by atoms with Gasteiger partial charge in [0.2, 0.25) is 0 Å². The van der Waals surface area contributed by atoms with Gasteiger partial charge in [0.05, 0.1) is 22.2 Å². The fourth-order valence-corrected chi connectivity index (χ4v) is 2.81. The van der Waals surface area contributed by atoms with E-state index in [1.54, 1.807) is 48.5 Å². The molecule has 0 spiro atoms. The van der Waals surface area contributed by atoms with Gasteiger partial charge in [-0.3, -0.25) is 0 Å². The molecule has 0 saturated carbocycles. The molecule has 3 aromatic rings. The second-order valence-electron chi connectivity index (χ2n) is 5.48. The summed E-state index contributed by atoms with van der Waals surface area (Å²) in [6.45, 7) is -0.279. The van der Waals surface area contributed by atoms with E-state index in [-0.39, 0.29) is 17.2 Å². The van der Waals surface area contributed by atoms with Crippen molar-refractivity contribution in [3.05, 3.63) is 94.3 Å². The zero-order chi connectivity index (χ0) is 18.5. The van der Waals surface area contributed by atoms with E-state index in [0.717, 1.165) is 0 Å². The standard InChI is InChI=1S/C21H13ClFNO2/c22-19-10-5-11-20(23)18(19)13-26-21(25)17-9-4-3-8-16(17)15-7-2-1-6-14(15)12-24/h1-11H,13H2. The molecule has 3 aromatic carbocycles. The molecule has 0 unspecified atom stereocenters.